The number of hydrogen-bond acceptors (Lipinski definition) is 11. The number of phenols is 1. The summed E-state index contributed by atoms with van der Waals surface area (Å²) in [6.45, 7) is 0.335. The number of para-hydroxylation sites is 2. The molecule has 14 heteroatoms. The van der Waals surface area contributed by atoms with Crippen molar-refractivity contribution in [2.24, 2.45) is 0 Å². The summed E-state index contributed by atoms with van der Waals surface area (Å²) in [5, 5.41) is 38.1. The molecule has 0 saturated carbocycles. The van der Waals surface area contributed by atoms with Gasteiger partial charge in [0.1, 0.15) is 5.75 Å². The molecule has 13 nitrogen and oxygen atoms in total. The number of unbranched alkanes of at least 4 members (excludes halogenated alkanes) is 1. The molecule has 0 radical (unpaired) electrons. The molecule has 7 rings (SSSR count). The van der Waals surface area contributed by atoms with E-state index in [1.54, 1.807) is 41.1 Å². The highest BCUT2D eigenvalue weighted by atomic mass is 32.2. The van der Waals surface area contributed by atoms with Crippen molar-refractivity contribution in [3.63, 3.8) is 0 Å². The van der Waals surface area contributed by atoms with Gasteiger partial charge in [0.25, 0.3) is 0 Å². The highest BCUT2D eigenvalue weighted by Crippen LogP contribution is 2.40. The van der Waals surface area contributed by atoms with Gasteiger partial charge in [0.15, 0.2) is 6.29 Å². The van der Waals surface area contributed by atoms with Crippen LogP contribution in [0, 0.1) is 0 Å². The third-order valence-corrected chi connectivity index (χ3v) is 10.8. The first-order valence-electron chi connectivity index (χ1n) is 19.1. The molecule has 298 valence electrons. The molecule has 1 aliphatic rings. The molecule has 0 aliphatic carbocycles. The number of phenolic OH excluding ortho intramolecular Hbond substituents is 1. The van der Waals surface area contributed by atoms with E-state index in [9.17, 15) is 19.8 Å². The van der Waals surface area contributed by atoms with Crippen LogP contribution in [0.2, 0.25) is 0 Å². The van der Waals surface area contributed by atoms with Crippen molar-refractivity contribution in [1.82, 2.24) is 25.5 Å². The number of anilines is 2. The smallest absolute Gasteiger partial charge is 0.224 e. The van der Waals surface area contributed by atoms with E-state index < -0.39 is 6.29 Å². The number of tetrazole rings is 1. The standard InChI is InChI=1S/C44H45N7O6S/c45-38-11-1-2-12-39(38)47-42(55)14-4-3-13-41(54)46-26-30-7-5-8-32(23-30)33-9-6-10-34(24-33)43-56-37(25-40(57-43)31-17-15-29(27-52)16-18-31)28-58-44-48-49-50-51(44)35-19-21-36(53)22-20-35/h1-2,5-12,15-24,37,40,43,52-53H,3-4,13-14,25-28,45H2,(H,46,54)(H,47,55)/t37-,40+,43+/m1/s1. The van der Waals surface area contributed by atoms with E-state index in [0.29, 0.717) is 60.9 Å². The van der Waals surface area contributed by atoms with Crippen LogP contribution in [0.5, 0.6) is 5.75 Å². The molecule has 3 atom stereocenters. The van der Waals surface area contributed by atoms with Gasteiger partial charge in [-0.25, -0.2) is 0 Å². The zero-order valence-corrected chi connectivity index (χ0v) is 32.6. The van der Waals surface area contributed by atoms with Crippen molar-refractivity contribution < 1.29 is 29.3 Å². The van der Waals surface area contributed by atoms with Crippen LogP contribution >= 0.6 is 11.8 Å². The van der Waals surface area contributed by atoms with E-state index in [1.807, 2.05) is 72.8 Å². The van der Waals surface area contributed by atoms with Crippen molar-refractivity contribution in [2.45, 2.75) is 68.9 Å². The SMILES string of the molecule is Nc1ccccc1NC(=O)CCCCC(=O)NCc1cccc(-c2cccc([C@H]3O[C@@H](CSc4nnnn4-c4ccc(O)cc4)C[C@@H](c4ccc(CO)cc4)O3)c2)c1. The van der Waals surface area contributed by atoms with Crippen molar-refractivity contribution in [1.29, 1.82) is 0 Å². The number of nitrogens with zero attached hydrogens (tertiary/aromatic N) is 4. The number of carbonyl (C=O) groups is 2. The number of benzene rings is 5. The molecule has 58 heavy (non-hydrogen) atoms. The average molecular weight is 800 g/mol. The van der Waals surface area contributed by atoms with Gasteiger partial charge in [0.2, 0.25) is 17.0 Å². The van der Waals surface area contributed by atoms with Gasteiger partial charge in [-0.1, -0.05) is 84.6 Å². The van der Waals surface area contributed by atoms with Gasteiger partial charge in [-0.2, -0.15) is 4.68 Å². The number of nitrogens with one attached hydrogen (secondary N) is 2. The summed E-state index contributed by atoms with van der Waals surface area (Å²) in [5.41, 5.74) is 13.3. The molecule has 5 aromatic carbocycles. The van der Waals surface area contributed by atoms with E-state index >= 15 is 0 Å². The zero-order valence-electron chi connectivity index (χ0n) is 31.7. The number of carbonyl (C=O) groups excluding carboxylic acids is 2. The van der Waals surface area contributed by atoms with Gasteiger partial charge in [-0.15, -0.1) is 5.10 Å². The summed E-state index contributed by atoms with van der Waals surface area (Å²) in [6.07, 6.45) is 1.24. The molecular weight excluding hydrogens is 755 g/mol. The lowest BCUT2D eigenvalue weighted by Gasteiger charge is -2.36. The van der Waals surface area contributed by atoms with E-state index in [0.717, 1.165) is 39.1 Å². The fourth-order valence-electron chi connectivity index (χ4n) is 6.62. The molecule has 1 saturated heterocycles. The highest BCUT2D eigenvalue weighted by Gasteiger charge is 2.33. The first kappa shape index (κ1) is 40.1. The van der Waals surface area contributed by atoms with Gasteiger partial charge < -0.3 is 36.1 Å². The zero-order chi connectivity index (χ0) is 40.3. The maximum absolute atomic E-state index is 12.7. The van der Waals surface area contributed by atoms with Crippen molar-refractivity contribution in [3.05, 3.63) is 144 Å². The summed E-state index contributed by atoms with van der Waals surface area (Å²) >= 11 is 1.48. The first-order chi connectivity index (χ1) is 28.3. The Bertz CT molecular complexity index is 2300. The van der Waals surface area contributed by atoms with E-state index in [2.05, 4.69) is 38.3 Å². The van der Waals surface area contributed by atoms with Crippen molar-refractivity contribution in [3.8, 4) is 22.6 Å². The molecule has 2 amide bonds. The Morgan fingerprint density at radius 3 is 2.33 bits per heavy atom. The van der Waals surface area contributed by atoms with E-state index in [-0.39, 0.29) is 36.4 Å². The Morgan fingerprint density at radius 2 is 1.55 bits per heavy atom. The van der Waals surface area contributed by atoms with Crippen LogP contribution in [0.4, 0.5) is 11.4 Å². The summed E-state index contributed by atoms with van der Waals surface area (Å²) in [7, 11) is 0. The molecule has 2 heterocycles. The van der Waals surface area contributed by atoms with Gasteiger partial charge in [0, 0.05) is 37.1 Å². The second-order valence-corrected chi connectivity index (χ2v) is 15.0. The average Bonchev–Trinajstić information content (AvgIpc) is 3.73. The molecular formula is C44H45N7O6S. The number of aliphatic hydroxyl groups excluding tert-OH is 1. The minimum Gasteiger partial charge on any atom is -0.508 e. The second-order valence-electron chi connectivity index (χ2n) is 14.0. The van der Waals surface area contributed by atoms with Gasteiger partial charge >= 0.3 is 0 Å². The van der Waals surface area contributed by atoms with Gasteiger partial charge in [0.05, 0.1) is 35.9 Å². The lowest BCUT2D eigenvalue weighted by molar-refractivity contribution is -0.245. The maximum atomic E-state index is 12.7. The Labute approximate surface area is 340 Å². The van der Waals surface area contributed by atoms with E-state index in [4.69, 9.17) is 15.2 Å². The number of aromatic hydroxyl groups is 1. The molecule has 1 aliphatic heterocycles. The van der Waals surface area contributed by atoms with Crippen LogP contribution in [0.1, 0.15) is 66.8 Å². The van der Waals surface area contributed by atoms with Crippen LogP contribution in [-0.2, 0) is 32.2 Å². The number of rotatable bonds is 16. The number of hydrogen-bond donors (Lipinski definition) is 5. The lowest BCUT2D eigenvalue weighted by Crippen LogP contribution is -2.31. The number of amides is 2. The normalized spacial score (nSPS) is 16.5. The summed E-state index contributed by atoms with van der Waals surface area (Å²) in [5.74, 6) is 0.508. The van der Waals surface area contributed by atoms with E-state index in [1.165, 1.54) is 11.8 Å². The molecule has 0 unspecified atom stereocenters. The monoisotopic (exact) mass is 799 g/mol. The van der Waals surface area contributed by atoms with Crippen LogP contribution in [0.15, 0.2) is 126 Å². The Morgan fingerprint density at radius 1 is 0.810 bits per heavy atom. The fourth-order valence-corrected chi connectivity index (χ4v) is 7.53. The molecule has 0 spiro atoms. The minimum atomic E-state index is -0.667. The Kier molecular flexibility index (Phi) is 13.4. The molecule has 1 aromatic heterocycles. The molecule has 0 bridgehead atoms. The van der Waals surface area contributed by atoms with Crippen LogP contribution in [-0.4, -0.2) is 54.1 Å². The molecule has 1 fully saturated rings. The largest absolute Gasteiger partial charge is 0.508 e. The number of thioether (sulfide) groups is 1. The fraction of sp³-hybridized carbons (Fsp3) is 0.250. The molecule has 6 aromatic rings. The third-order valence-electron chi connectivity index (χ3n) is 9.75. The number of nitrogen functional groups attached to an aromatic ring is 1. The lowest BCUT2D eigenvalue weighted by atomic mass is 9.99. The minimum absolute atomic E-state index is 0.0408. The quantitative estimate of drug-likeness (QED) is 0.0377. The van der Waals surface area contributed by atoms with Crippen LogP contribution in [0.25, 0.3) is 16.8 Å². The highest BCUT2D eigenvalue weighted by molar-refractivity contribution is 7.99. The third kappa shape index (κ3) is 10.7. The van der Waals surface area contributed by atoms with Crippen molar-refractivity contribution >= 4 is 35.0 Å². The molecule has 6 N–H and O–H groups in total. The number of aliphatic hydroxyl groups is 1. The van der Waals surface area contributed by atoms with Gasteiger partial charge in [-0.3, -0.25) is 9.59 Å². The topological polar surface area (TPSA) is 187 Å². The summed E-state index contributed by atoms with van der Waals surface area (Å²) in [6, 6.07) is 37.7. The second kappa shape index (κ2) is 19.4. The predicted octanol–water partition coefficient (Wildman–Crippen LogP) is 7.26. The van der Waals surface area contributed by atoms with Gasteiger partial charge in [-0.05, 0) is 99.6 Å². The summed E-state index contributed by atoms with van der Waals surface area (Å²) < 4.78 is 14.9. The predicted molar refractivity (Wildman–Crippen MR) is 222 cm³/mol. The summed E-state index contributed by atoms with van der Waals surface area (Å²) in [4.78, 5) is 25.0. The van der Waals surface area contributed by atoms with Crippen LogP contribution < -0.4 is 16.4 Å². The Balaban J connectivity index is 0.976. The number of nitrogens with two attached hydrogens (primary N) is 1. The first-order valence-corrected chi connectivity index (χ1v) is 20.1. The number of aromatic nitrogens is 4. The van der Waals surface area contributed by atoms with Crippen molar-refractivity contribution in [2.75, 3.05) is 16.8 Å². The van der Waals surface area contributed by atoms with Crippen LogP contribution in [0.3, 0.4) is 0 Å². The number of ether oxygens (including phenoxy) is 2. The maximum Gasteiger partial charge on any atom is 0.224 e. The Hall–Kier alpha value is -6.06.